The van der Waals surface area contributed by atoms with Crippen LogP contribution in [0.25, 0.3) is 10.9 Å². The number of aromatic amines is 1. The monoisotopic (exact) mass is 444 g/mol. The number of ether oxygens (including phenoxy) is 1. The van der Waals surface area contributed by atoms with Gasteiger partial charge in [0.25, 0.3) is 5.91 Å². The van der Waals surface area contributed by atoms with Gasteiger partial charge in [0.05, 0.1) is 24.0 Å². The van der Waals surface area contributed by atoms with Gasteiger partial charge in [-0.25, -0.2) is 9.78 Å². The lowest BCUT2D eigenvalue weighted by atomic mass is 10.1. The van der Waals surface area contributed by atoms with Gasteiger partial charge in [-0.1, -0.05) is 6.07 Å². The molecule has 9 nitrogen and oxygen atoms in total. The minimum Gasteiger partial charge on any atom is -0.452 e. The number of benzene rings is 2. The van der Waals surface area contributed by atoms with Gasteiger partial charge in [-0.2, -0.15) is 0 Å². The van der Waals surface area contributed by atoms with Gasteiger partial charge in [0.2, 0.25) is 0 Å². The first kappa shape index (κ1) is 21.7. The lowest BCUT2D eigenvalue weighted by Gasteiger charge is -2.23. The minimum absolute atomic E-state index is 0.311. The van der Waals surface area contributed by atoms with E-state index in [9.17, 15) is 9.59 Å². The minimum atomic E-state index is -0.563. The van der Waals surface area contributed by atoms with Crippen molar-refractivity contribution in [2.75, 3.05) is 36.3 Å². The summed E-state index contributed by atoms with van der Waals surface area (Å²) < 4.78 is 4.73. The number of anilines is 5. The van der Waals surface area contributed by atoms with Crippen LogP contribution >= 0.6 is 0 Å². The first-order valence-electron chi connectivity index (χ1n) is 10.2. The molecule has 2 aromatic heterocycles. The number of fused-ring (bicyclic) bond motifs is 1. The molecule has 0 atom stereocenters. The van der Waals surface area contributed by atoms with E-state index >= 15 is 0 Å². The van der Waals surface area contributed by atoms with Crippen molar-refractivity contribution in [2.24, 2.45) is 5.73 Å². The molecule has 0 bridgehead atoms. The molecule has 4 rings (SSSR count). The molecule has 2 aromatic carbocycles. The van der Waals surface area contributed by atoms with Crippen LogP contribution < -0.4 is 20.9 Å². The van der Waals surface area contributed by atoms with E-state index < -0.39 is 12.0 Å². The Morgan fingerprint density at radius 2 is 1.82 bits per heavy atom. The Kier molecular flexibility index (Phi) is 5.86. The molecule has 9 heteroatoms. The summed E-state index contributed by atoms with van der Waals surface area (Å²) in [4.78, 5) is 34.7. The van der Waals surface area contributed by atoms with Crippen molar-refractivity contribution in [3.8, 4) is 0 Å². The fourth-order valence-electron chi connectivity index (χ4n) is 3.63. The molecule has 0 saturated carbocycles. The van der Waals surface area contributed by atoms with Gasteiger partial charge in [-0.3, -0.25) is 9.69 Å². The third-order valence-corrected chi connectivity index (χ3v) is 5.42. The standard InChI is InChI=1S/C24H24N6O3/c1-29(24(32)33-3)16-9-7-15(8-10-16)28-22-13-21(18(14-27-22)23(25)31)30(2)20-6-4-5-19-17(20)11-12-26-19/h4-14,26H,1-3H3,(H2,25,31)(H,27,28). The zero-order chi connectivity index (χ0) is 23.5. The predicted molar refractivity (Wildman–Crippen MR) is 130 cm³/mol. The van der Waals surface area contributed by atoms with E-state index in [1.807, 2.05) is 54.5 Å². The van der Waals surface area contributed by atoms with E-state index in [-0.39, 0.29) is 0 Å². The maximum Gasteiger partial charge on any atom is 0.413 e. The number of carbonyl (C=O) groups excluding carboxylic acids is 2. The van der Waals surface area contributed by atoms with Gasteiger partial charge < -0.3 is 25.7 Å². The highest BCUT2D eigenvalue weighted by Gasteiger charge is 2.17. The number of rotatable bonds is 6. The molecular weight excluding hydrogens is 420 g/mol. The van der Waals surface area contributed by atoms with Crippen molar-refractivity contribution < 1.29 is 14.3 Å². The molecule has 0 spiro atoms. The predicted octanol–water partition coefficient (Wildman–Crippen LogP) is 4.38. The van der Waals surface area contributed by atoms with Crippen LogP contribution in [0.3, 0.4) is 0 Å². The summed E-state index contributed by atoms with van der Waals surface area (Å²) in [6.07, 6.45) is 2.88. The first-order valence-corrected chi connectivity index (χ1v) is 10.2. The highest BCUT2D eigenvalue weighted by Crippen LogP contribution is 2.34. The van der Waals surface area contributed by atoms with Crippen LogP contribution in [0, 0.1) is 0 Å². The van der Waals surface area contributed by atoms with Crippen LogP contribution in [-0.2, 0) is 4.74 Å². The lowest BCUT2D eigenvalue weighted by Crippen LogP contribution is -2.25. The van der Waals surface area contributed by atoms with Crippen LogP contribution in [0.15, 0.2) is 67.0 Å². The fourth-order valence-corrected chi connectivity index (χ4v) is 3.63. The van der Waals surface area contributed by atoms with Gasteiger partial charge in [-0.05, 0) is 42.5 Å². The molecule has 0 aliphatic rings. The summed E-state index contributed by atoms with van der Waals surface area (Å²) in [6.45, 7) is 0. The number of nitrogens with one attached hydrogen (secondary N) is 2. The molecule has 0 fully saturated rings. The number of hydrogen-bond acceptors (Lipinski definition) is 6. The van der Waals surface area contributed by atoms with E-state index in [4.69, 9.17) is 10.5 Å². The molecule has 0 saturated heterocycles. The Bertz CT molecular complexity index is 1320. The molecule has 0 aliphatic heterocycles. The number of aromatic nitrogens is 2. The summed E-state index contributed by atoms with van der Waals surface area (Å²) in [5, 5.41) is 4.25. The number of primary amides is 1. The number of pyridine rings is 1. The quantitative estimate of drug-likeness (QED) is 0.406. The summed E-state index contributed by atoms with van der Waals surface area (Å²) in [6, 6.07) is 16.9. The molecular formula is C24H24N6O3. The number of nitrogens with two attached hydrogens (primary N) is 1. The maximum absolute atomic E-state index is 12.1. The van der Waals surface area contributed by atoms with Gasteiger partial charge >= 0.3 is 6.09 Å². The molecule has 0 unspecified atom stereocenters. The maximum atomic E-state index is 12.1. The zero-order valence-corrected chi connectivity index (χ0v) is 18.5. The second kappa shape index (κ2) is 8.91. The van der Waals surface area contributed by atoms with Crippen molar-refractivity contribution in [2.45, 2.75) is 0 Å². The van der Waals surface area contributed by atoms with Crippen molar-refractivity contribution in [1.29, 1.82) is 0 Å². The summed E-state index contributed by atoms with van der Waals surface area (Å²) in [7, 11) is 4.84. The van der Waals surface area contributed by atoms with E-state index in [0.29, 0.717) is 22.8 Å². The Morgan fingerprint density at radius 1 is 1.06 bits per heavy atom. The molecule has 2 amide bonds. The van der Waals surface area contributed by atoms with E-state index in [1.165, 1.54) is 18.2 Å². The number of H-pyrrole nitrogens is 1. The van der Waals surface area contributed by atoms with Gasteiger partial charge in [-0.15, -0.1) is 0 Å². The van der Waals surface area contributed by atoms with E-state index in [0.717, 1.165) is 22.3 Å². The SMILES string of the molecule is COC(=O)N(C)c1ccc(Nc2cc(N(C)c3cccc4[nH]ccc34)c(C(N)=O)cn2)cc1. The largest absolute Gasteiger partial charge is 0.452 e. The Hall–Kier alpha value is -4.53. The third-order valence-electron chi connectivity index (χ3n) is 5.42. The molecule has 33 heavy (non-hydrogen) atoms. The Labute approximate surface area is 190 Å². The summed E-state index contributed by atoms with van der Waals surface area (Å²) in [5.74, 6) is -0.0236. The van der Waals surface area contributed by atoms with Crippen LogP contribution in [0.2, 0.25) is 0 Å². The van der Waals surface area contributed by atoms with Crippen molar-refractivity contribution in [3.63, 3.8) is 0 Å². The number of hydrogen-bond donors (Lipinski definition) is 3. The van der Waals surface area contributed by atoms with Crippen LogP contribution in [0.4, 0.5) is 33.4 Å². The average molecular weight is 444 g/mol. The van der Waals surface area contributed by atoms with Crippen molar-refractivity contribution in [1.82, 2.24) is 9.97 Å². The average Bonchev–Trinajstić information content (AvgIpc) is 3.32. The summed E-state index contributed by atoms with van der Waals surface area (Å²) in [5.41, 5.74) is 9.92. The number of methoxy groups -OCH3 is 1. The second-order valence-corrected chi connectivity index (χ2v) is 7.43. The van der Waals surface area contributed by atoms with Crippen LogP contribution in [-0.4, -0.2) is 43.2 Å². The second-order valence-electron chi connectivity index (χ2n) is 7.43. The lowest BCUT2D eigenvalue weighted by molar-refractivity contribution is 0.100. The number of amides is 2. The molecule has 0 aliphatic carbocycles. The van der Waals surface area contributed by atoms with Crippen LogP contribution in [0.5, 0.6) is 0 Å². The number of nitrogens with zero attached hydrogens (tertiary/aromatic N) is 3. The van der Waals surface area contributed by atoms with Gasteiger partial charge in [0, 0.05) is 54.8 Å². The smallest absolute Gasteiger partial charge is 0.413 e. The van der Waals surface area contributed by atoms with Crippen LogP contribution in [0.1, 0.15) is 10.4 Å². The van der Waals surface area contributed by atoms with Gasteiger partial charge in [0.15, 0.2) is 0 Å². The topological polar surface area (TPSA) is 117 Å². The Balaban J connectivity index is 1.65. The molecule has 0 radical (unpaired) electrons. The molecule has 2 heterocycles. The first-order chi connectivity index (χ1) is 15.9. The normalized spacial score (nSPS) is 10.6. The molecule has 168 valence electrons. The highest BCUT2D eigenvalue weighted by atomic mass is 16.5. The number of carbonyl (C=O) groups is 2. The summed E-state index contributed by atoms with van der Waals surface area (Å²) >= 11 is 0. The Morgan fingerprint density at radius 3 is 2.52 bits per heavy atom. The third kappa shape index (κ3) is 4.29. The highest BCUT2D eigenvalue weighted by molar-refractivity contribution is 6.02. The molecule has 4 N–H and O–H groups in total. The van der Waals surface area contributed by atoms with E-state index in [1.54, 1.807) is 25.2 Å². The van der Waals surface area contributed by atoms with Crippen molar-refractivity contribution >= 4 is 51.5 Å². The molecule has 4 aromatic rings. The zero-order valence-electron chi connectivity index (χ0n) is 18.5. The fraction of sp³-hybridized carbons (Fsp3) is 0.125. The van der Waals surface area contributed by atoms with Gasteiger partial charge in [0.1, 0.15) is 5.82 Å². The van der Waals surface area contributed by atoms with E-state index in [2.05, 4.69) is 15.3 Å². The van der Waals surface area contributed by atoms with Crippen molar-refractivity contribution in [3.05, 3.63) is 72.6 Å².